The molecule has 2 aromatic carbocycles. The van der Waals surface area contributed by atoms with Gasteiger partial charge in [0.05, 0.1) is 24.5 Å². The summed E-state index contributed by atoms with van der Waals surface area (Å²) in [5.74, 6) is 0.350. The maximum atomic E-state index is 12.6. The Labute approximate surface area is 171 Å². The number of nitrogens with one attached hydrogen (secondary N) is 3. The minimum absolute atomic E-state index is 0.239. The zero-order valence-corrected chi connectivity index (χ0v) is 17.2. The van der Waals surface area contributed by atoms with Crippen LogP contribution in [0.2, 0.25) is 0 Å². The Hall–Kier alpha value is -3.26. The Morgan fingerprint density at radius 1 is 1.07 bits per heavy atom. The summed E-state index contributed by atoms with van der Waals surface area (Å²) < 4.78 is 10.5. The fourth-order valence-corrected chi connectivity index (χ4v) is 2.68. The van der Waals surface area contributed by atoms with E-state index in [-0.39, 0.29) is 5.91 Å². The van der Waals surface area contributed by atoms with E-state index in [1.807, 2.05) is 38.1 Å². The quantitative estimate of drug-likeness (QED) is 0.563. The molecule has 0 saturated heterocycles. The normalized spacial score (nSPS) is 10.2. The van der Waals surface area contributed by atoms with Crippen molar-refractivity contribution in [2.45, 2.75) is 6.92 Å². The summed E-state index contributed by atoms with van der Waals surface area (Å²) in [6.45, 7) is 3.19. The Morgan fingerprint density at radius 3 is 2.52 bits per heavy atom. The largest absolute Gasteiger partial charge is 0.492 e. The van der Waals surface area contributed by atoms with E-state index in [4.69, 9.17) is 9.47 Å². The predicted octanol–water partition coefficient (Wildman–Crippen LogP) is 3.17. The van der Waals surface area contributed by atoms with Crippen LogP contribution in [0, 0.1) is 0 Å². The SMILES string of the molecule is CCOc1ccccc1NC(=O)Nc1ccc(N(C)C)c(C(=O)NCCOC)c1. The molecule has 8 heteroatoms. The van der Waals surface area contributed by atoms with Crippen molar-refractivity contribution in [3.8, 4) is 5.75 Å². The van der Waals surface area contributed by atoms with Crippen molar-refractivity contribution in [1.29, 1.82) is 0 Å². The standard InChI is InChI=1S/C21H28N4O4/c1-5-29-19-9-7-6-8-17(19)24-21(27)23-15-10-11-18(25(2)3)16(14-15)20(26)22-12-13-28-4/h6-11,14H,5,12-13H2,1-4H3,(H,22,26)(H2,23,24,27). The molecule has 2 aromatic rings. The van der Waals surface area contributed by atoms with Gasteiger partial charge in [-0.25, -0.2) is 4.79 Å². The van der Waals surface area contributed by atoms with E-state index >= 15 is 0 Å². The number of carbonyl (C=O) groups is 2. The lowest BCUT2D eigenvalue weighted by molar-refractivity contribution is 0.0937. The number of methoxy groups -OCH3 is 1. The summed E-state index contributed by atoms with van der Waals surface area (Å²) in [7, 11) is 5.28. The van der Waals surface area contributed by atoms with Crippen molar-refractivity contribution >= 4 is 29.0 Å². The first-order valence-corrected chi connectivity index (χ1v) is 9.34. The fraction of sp³-hybridized carbons (Fsp3) is 0.333. The van der Waals surface area contributed by atoms with Gasteiger partial charge in [0.1, 0.15) is 5.75 Å². The van der Waals surface area contributed by atoms with Crippen LogP contribution in [0.1, 0.15) is 17.3 Å². The van der Waals surface area contributed by atoms with E-state index in [0.717, 1.165) is 5.69 Å². The molecule has 8 nitrogen and oxygen atoms in total. The zero-order chi connectivity index (χ0) is 21.2. The molecule has 0 spiro atoms. The molecular formula is C21H28N4O4. The third kappa shape index (κ3) is 6.39. The van der Waals surface area contributed by atoms with Crippen LogP contribution in [0.3, 0.4) is 0 Å². The molecule has 0 fully saturated rings. The van der Waals surface area contributed by atoms with Crippen LogP contribution < -0.4 is 25.6 Å². The summed E-state index contributed by atoms with van der Waals surface area (Å²) in [5, 5.41) is 8.33. The lowest BCUT2D eigenvalue weighted by Gasteiger charge is -2.19. The molecule has 0 aromatic heterocycles. The van der Waals surface area contributed by atoms with Crippen LogP contribution in [0.15, 0.2) is 42.5 Å². The molecule has 0 unspecified atom stereocenters. The number of hydrogen-bond donors (Lipinski definition) is 3. The Balaban J connectivity index is 2.15. The lowest BCUT2D eigenvalue weighted by atomic mass is 10.1. The maximum absolute atomic E-state index is 12.6. The molecule has 0 bridgehead atoms. The first-order chi connectivity index (χ1) is 14.0. The molecule has 0 radical (unpaired) electrons. The third-order valence-corrected chi connectivity index (χ3v) is 4.01. The molecule has 3 N–H and O–H groups in total. The second kappa shape index (κ2) is 10.9. The number of para-hydroxylation sites is 2. The molecule has 0 heterocycles. The third-order valence-electron chi connectivity index (χ3n) is 4.01. The average molecular weight is 400 g/mol. The molecular weight excluding hydrogens is 372 g/mol. The zero-order valence-electron chi connectivity index (χ0n) is 17.2. The molecule has 2 rings (SSSR count). The van der Waals surface area contributed by atoms with Gasteiger partial charge in [-0.3, -0.25) is 4.79 Å². The van der Waals surface area contributed by atoms with Gasteiger partial charge in [-0.1, -0.05) is 12.1 Å². The van der Waals surface area contributed by atoms with E-state index in [1.165, 1.54) is 0 Å². The second-order valence-electron chi connectivity index (χ2n) is 6.38. The van der Waals surface area contributed by atoms with Crippen LogP contribution in [0.25, 0.3) is 0 Å². The smallest absolute Gasteiger partial charge is 0.323 e. The van der Waals surface area contributed by atoms with Crippen molar-refractivity contribution in [2.75, 3.05) is 56.5 Å². The Morgan fingerprint density at radius 2 is 1.83 bits per heavy atom. The highest BCUT2D eigenvalue weighted by atomic mass is 16.5. The minimum Gasteiger partial charge on any atom is -0.492 e. The molecule has 3 amide bonds. The highest BCUT2D eigenvalue weighted by Crippen LogP contribution is 2.25. The van der Waals surface area contributed by atoms with Gasteiger partial charge >= 0.3 is 6.03 Å². The number of carbonyl (C=O) groups excluding carboxylic acids is 2. The average Bonchev–Trinajstić information content (AvgIpc) is 2.69. The highest BCUT2D eigenvalue weighted by Gasteiger charge is 2.15. The first kappa shape index (κ1) is 22.0. The predicted molar refractivity (Wildman–Crippen MR) is 115 cm³/mol. The number of rotatable bonds is 9. The van der Waals surface area contributed by atoms with Crippen molar-refractivity contribution in [2.24, 2.45) is 0 Å². The molecule has 156 valence electrons. The molecule has 0 aliphatic carbocycles. The summed E-state index contributed by atoms with van der Waals surface area (Å²) in [6.07, 6.45) is 0. The summed E-state index contributed by atoms with van der Waals surface area (Å²) in [5.41, 5.74) is 2.26. The number of amides is 3. The van der Waals surface area contributed by atoms with E-state index in [1.54, 1.807) is 37.4 Å². The van der Waals surface area contributed by atoms with Gasteiger partial charge in [-0.15, -0.1) is 0 Å². The van der Waals surface area contributed by atoms with E-state index in [2.05, 4.69) is 16.0 Å². The van der Waals surface area contributed by atoms with Crippen molar-refractivity contribution in [3.63, 3.8) is 0 Å². The van der Waals surface area contributed by atoms with Crippen molar-refractivity contribution < 1.29 is 19.1 Å². The first-order valence-electron chi connectivity index (χ1n) is 9.34. The van der Waals surface area contributed by atoms with Crippen molar-refractivity contribution in [1.82, 2.24) is 5.32 Å². The number of anilines is 3. The molecule has 0 atom stereocenters. The van der Waals surface area contributed by atoms with Gasteiger partial charge in [0, 0.05) is 39.1 Å². The summed E-state index contributed by atoms with van der Waals surface area (Å²) in [6, 6.07) is 11.9. The fourth-order valence-electron chi connectivity index (χ4n) is 2.68. The van der Waals surface area contributed by atoms with E-state index in [0.29, 0.717) is 42.4 Å². The Bertz CT molecular complexity index is 839. The number of nitrogens with zero attached hydrogens (tertiary/aromatic N) is 1. The van der Waals surface area contributed by atoms with E-state index in [9.17, 15) is 9.59 Å². The van der Waals surface area contributed by atoms with Gasteiger partial charge in [0.15, 0.2) is 0 Å². The van der Waals surface area contributed by atoms with Crippen LogP contribution in [-0.2, 0) is 4.74 Å². The highest BCUT2D eigenvalue weighted by molar-refractivity contribution is 6.04. The number of urea groups is 1. The van der Waals surface area contributed by atoms with Gasteiger partial charge in [-0.2, -0.15) is 0 Å². The van der Waals surface area contributed by atoms with Gasteiger partial charge in [-0.05, 0) is 37.3 Å². The topological polar surface area (TPSA) is 91.9 Å². The molecule has 0 saturated carbocycles. The van der Waals surface area contributed by atoms with E-state index < -0.39 is 6.03 Å². The summed E-state index contributed by atoms with van der Waals surface area (Å²) >= 11 is 0. The van der Waals surface area contributed by atoms with Crippen LogP contribution in [0.4, 0.5) is 21.9 Å². The Kier molecular flexibility index (Phi) is 8.29. The molecule has 0 aliphatic rings. The second-order valence-corrected chi connectivity index (χ2v) is 6.38. The maximum Gasteiger partial charge on any atom is 0.323 e. The number of benzene rings is 2. The molecule has 0 aliphatic heterocycles. The molecule has 29 heavy (non-hydrogen) atoms. The summed E-state index contributed by atoms with van der Waals surface area (Å²) in [4.78, 5) is 26.8. The van der Waals surface area contributed by atoms with Crippen LogP contribution in [-0.4, -0.2) is 52.9 Å². The lowest BCUT2D eigenvalue weighted by Crippen LogP contribution is -2.29. The van der Waals surface area contributed by atoms with Gasteiger partial charge in [0.2, 0.25) is 0 Å². The van der Waals surface area contributed by atoms with Crippen LogP contribution >= 0.6 is 0 Å². The monoisotopic (exact) mass is 400 g/mol. The van der Waals surface area contributed by atoms with Crippen LogP contribution in [0.5, 0.6) is 5.75 Å². The number of ether oxygens (including phenoxy) is 2. The minimum atomic E-state index is -0.430. The van der Waals surface area contributed by atoms with Crippen molar-refractivity contribution in [3.05, 3.63) is 48.0 Å². The number of hydrogen-bond acceptors (Lipinski definition) is 5. The van der Waals surface area contributed by atoms with Gasteiger partial charge < -0.3 is 30.3 Å². The van der Waals surface area contributed by atoms with Gasteiger partial charge in [0.25, 0.3) is 5.91 Å².